The van der Waals surface area contributed by atoms with Crippen LogP contribution in [0, 0.1) is 16.7 Å². The molecule has 1 rings (SSSR count). The van der Waals surface area contributed by atoms with E-state index in [0.29, 0.717) is 11.3 Å². The number of nitriles is 1. The first-order chi connectivity index (χ1) is 7.45. The fourth-order valence-electron chi connectivity index (χ4n) is 0.951. The van der Waals surface area contributed by atoms with Gasteiger partial charge in [0.2, 0.25) is 0 Å². The Labute approximate surface area is 94.1 Å². The number of aliphatic carboxylic acids is 1. The maximum Gasteiger partial charge on any atom is 0.312 e. The number of carboxylic acids is 1. The summed E-state index contributed by atoms with van der Waals surface area (Å²) >= 11 is 0. The second-order valence-electron chi connectivity index (χ2n) is 4.11. The third-order valence-electron chi connectivity index (χ3n) is 2.16. The minimum absolute atomic E-state index is 0.0915. The van der Waals surface area contributed by atoms with E-state index in [2.05, 4.69) is 0 Å². The van der Waals surface area contributed by atoms with Crippen molar-refractivity contribution in [1.29, 1.82) is 5.26 Å². The van der Waals surface area contributed by atoms with Crippen LogP contribution in [-0.4, -0.2) is 17.7 Å². The smallest absolute Gasteiger partial charge is 0.312 e. The van der Waals surface area contributed by atoms with Crippen LogP contribution in [0.3, 0.4) is 0 Å². The van der Waals surface area contributed by atoms with Gasteiger partial charge in [0.25, 0.3) is 0 Å². The summed E-state index contributed by atoms with van der Waals surface area (Å²) < 4.78 is 5.34. The summed E-state index contributed by atoms with van der Waals surface area (Å²) in [6.07, 6.45) is 0. The van der Waals surface area contributed by atoms with E-state index in [4.69, 9.17) is 15.1 Å². The molecule has 0 atom stereocenters. The van der Waals surface area contributed by atoms with E-state index < -0.39 is 11.4 Å². The van der Waals surface area contributed by atoms with Crippen LogP contribution >= 0.6 is 0 Å². The molecule has 4 heteroatoms. The molecule has 0 saturated heterocycles. The molecule has 0 aliphatic carbocycles. The molecule has 1 aromatic carbocycles. The first-order valence-corrected chi connectivity index (χ1v) is 4.82. The Morgan fingerprint density at radius 3 is 2.44 bits per heavy atom. The summed E-state index contributed by atoms with van der Waals surface area (Å²) in [7, 11) is 0. The average Bonchev–Trinajstić information content (AvgIpc) is 2.27. The molecular weight excluding hydrogens is 206 g/mol. The number of nitrogens with zero attached hydrogens (tertiary/aromatic N) is 1. The second kappa shape index (κ2) is 4.67. The lowest BCUT2D eigenvalue weighted by atomic mass is 9.95. The Balaban J connectivity index is 2.62. The first kappa shape index (κ1) is 12.1. The molecule has 0 amide bonds. The number of carboxylic acid groups (broad SMARTS) is 1. The van der Waals surface area contributed by atoms with Gasteiger partial charge in [0.15, 0.2) is 0 Å². The first-order valence-electron chi connectivity index (χ1n) is 4.82. The highest BCUT2D eigenvalue weighted by Gasteiger charge is 2.28. The van der Waals surface area contributed by atoms with Gasteiger partial charge in [-0.3, -0.25) is 4.79 Å². The van der Waals surface area contributed by atoms with Gasteiger partial charge >= 0.3 is 5.97 Å². The highest BCUT2D eigenvalue weighted by atomic mass is 16.5. The maximum atomic E-state index is 10.8. The third kappa shape index (κ3) is 2.99. The maximum absolute atomic E-state index is 10.8. The third-order valence-corrected chi connectivity index (χ3v) is 2.16. The largest absolute Gasteiger partial charge is 0.492 e. The number of ether oxygens (including phenoxy) is 1. The van der Waals surface area contributed by atoms with Crippen LogP contribution in [0.15, 0.2) is 24.3 Å². The van der Waals surface area contributed by atoms with Crippen molar-refractivity contribution in [3.63, 3.8) is 0 Å². The van der Waals surface area contributed by atoms with E-state index in [1.54, 1.807) is 38.1 Å². The van der Waals surface area contributed by atoms with Crippen LogP contribution in [0.2, 0.25) is 0 Å². The van der Waals surface area contributed by atoms with E-state index in [1.807, 2.05) is 6.07 Å². The SMILES string of the molecule is CC(C)(COc1ccc(C#N)cc1)C(=O)O. The Morgan fingerprint density at radius 1 is 1.44 bits per heavy atom. The lowest BCUT2D eigenvalue weighted by Gasteiger charge is -2.19. The molecule has 84 valence electrons. The average molecular weight is 219 g/mol. The fourth-order valence-corrected chi connectivity index (χ4v) is 0.951. The van der Waals surface area contributed by atoms with E-state index in [-0.39, 0.29) is 6.61 Å². The molecule has 0 fully saturated rings. The zero-order chi connectivity index (χ0) is 12.2. The molecule has 1 aromatic rings. The summed E-state index contributed by atoms with van der Waals surface area (Å²) in [5.74, 6) is -0.338. The summed E-state index contributed by atoms with van der Waals surface area (Å²) in [6.45, 7) is 3.28. The number of rotatable bonds is 4. The van der Waals surface area contributed by atoms with Gasteiger partial charge in [-0.15, -0.1) is 0 Å². The minimum Gasteiger partial charge on any atom is -0.492 e. The predicted molar refractivity (Wildman–Crippen MR) is 58.1 cm³/mol. The van der Waals surface area contributed by atoms with Crippen LogP contribution in [0.5, 0.6) is 5.75 Å². The molecule has 0 spiro atoms. The standard InChI is InChI=1S/C12H13NO3/c1-12(2,11(14)15)8-16-10-5-3-9(7-13)4-6-10/h3-6H,8H2,1-2H3,(H,14,15). The second-order valence-corrected chi connectivity index (χ2v) is 4.11. The zero-order valence-corrected chi connectivity index (χ0v) is 9.23. The summed E-state index contributed by atoms with van der Waals surface area (Å²) in [6, 6.07) is 8.55. The molecule has 4 nitrogen and oxygen atoms in total. The van der Waals surface area contributed by atoms with Crippen molar-refractivity contribution >= 4 is 5.97 Å². The van der Waals surface area contributed by atoms with Gasteiger partial charge in [-0.2, -0.15) is 5.26 Å². The lowest BCUT2D eigenvalue weighted by Crippen LogP contribution is -2.30. The van der Waals surface area contributed by atoms with Crippen molar-refractivity contribution in [2.45, 2.75) is 13.8 Å². The van der Waals surface area contributed by atoms with Crippen molar-refractivity contribution < 1.29 is 14.6 Å². The molecule has 0 aromatic heterocycles. The van der Waals surface area contributed by atoms with Crippen LogP contribution in [0.4, 0.5) is 0 Å². The van der Waals surface area contributed by atoms with E-state index in [0.717, 1.165) is 0 Å². The van der Waals surface area contributed by atoms with Gasteiger partial charge in [0, 0.05) is 0 Å². The van der Waals surface area contributed by atoms with Crippen molar-refractivity contribution in [1.82, 2.24) is 0 Å². The molecule has 0 unspecified atom stereocenters. The van der Waals surface area contributed by atoms with Gasteiger partial charge in [-0.05, 0) is 38.1 Å². The van der Waals surface area contributed by atoms with Gasteiger partial charge in [-0.25, -0.2) is 0 Å². The molecular formula is C12H13NO3. The Morgan fingerprint density at radius 2 is 2.00 bits per heavy atom. The Bertz CT molecular complexity index is 415. The number of hydrogen-bond donors (Lipinski definition) is 1. The summed E-state index contributed by atoms with van der Waals surface area (Å²) in [4.78, 5) is 10.8. The molecule has 16 heavy (non-hydrogen) atoms. The van der Waals surface area contributed by atoms with Crippen molar-refractivity contribution in [2.24, 2.45) is 5.41 Å². The predicted octanol–water partition coefficient (Wildman–Crippen LogP) is 2.05. The van der Waals surface area contributed by atoms with Crippen LogP contribution in [0.25, 0.3) is 0 Å². The quantitative estimate of drug-likeness (QED) is 0.841. The van der Waals surface area contributed by atoms with Crippen LogP contribution < -0.4 is 4.74 Å². The molecule has 0 saturated carbocycles. The normalized spacial score (nSPS) is 10.6. The summed E-state index contributed by atoms with van der Waals surface area (Å²) in [5, 5.41) is 17.5. The van der Waals surface area contributed by atoms with Crippen molar-refractivity contribution in [3.8, 4) is 11.8 Å². The molecule has 0 aliphatic heterocycles. The minimum atomic E-state index is -0.923. The van der Waals surface area contributed by atoms with E-state index in [9.17, 15) is 4.79 Å². The Hall–Kier alpha value is -2.02. The molecule has 0 heterocycles. The van der Waals surface area contributed by atoms with Gasteiger partial charge in [0.1, 0.15) is 12.4 Å². The topological polar surface area (TPSA) is 70.3 Å². The fraction of sp³-hybridized carbons (Fsp3) is 0.333. The molecule has 0 aliphatic rings. The van der Waals surface area contributed by atoms with Crippen LogP contribution in [0.1, 0.15) is 19.4 Å². The molecule has 0 radical (unpaired) electrons. The molecule has 1 N–H and O–H groups in total. The zero-order valence-electron chi connectivity index (χ0n) is 9.23. The summed E-state index contributed by atoms with van der Waals surface area (Å²) in [5.41, 5.74) is -0.377. The van der Waals surface area contributed by atoms with E-state index >= 15 is 0 Å². The lowest BCUT2D eigenvalue weighted by molar-refractivity contribution is -0.148. The number of hydrogen-bond acceptors (Lipinski definition) is 3. The highest BCUT2D eigenvalue weighted by Crippen LogP contribution is 2.19. The number of benzene rings is 1. The number of carbonyl (C=O) groups is 1. The van der Waals surface area contributed by atoms with Crippen LogP contribution in [-0.2, 0) is 4.79 Å². The van der Waals surface area contributed by atoms with Gasteiger partial charge in [-0.1, -0.05) is 0 Å². The highest BCUT2D eigenvalue weighted by molar-refractivity contribution is 5.73. The molecule has 0 bridgehead atoms. The Kier molecular flexibility index (Phi) is 3.51. The van der Waals surface area contributed by atoms with E-state index in [1.165, 1.54) is 0 Å². The van der Waals surface area contributed by atoms with Crippen molar-refractivity contribution in [2.75, 3.05) is 6.61 Å². The van der Waals surface area contributed by atoms with Gasteiger partial charge < -0.3 is 9.84 Å². The monoisotopic (exact) mass is 219 g/mol. The van der Waals surface area contributed by atoms with Gasteiger partial charge in [0.05, 0.1) is 17.0 Å². The van der Waals surface area contributed by atoms with Crippen molar-refractivity contribution in [3.05, 3.63) is 29.8 Å².